The van der Waals surface area contributed by atoms with Crippen molar-refractivity contribution in [2.75, 3.05) is 13.7 Å². The number of alkyl halides is 3. The predicted molar refractivity (Wildman–Crippen MR) is 142 cm³/mol. The molecule has 0 spiro atoms. The zero-order chi connectivity index (χ0) is 30.7. The van der Waals surface area contributed by atoms with Crippen molar-refractivity contribution in [2.24, 2.45) is 5.73 Å². The normalized spacial score (nSPS) is 19.9. The fraction of sp³-hybridized carbons (Fsp3) is 0.241. The maximum atomic E-state index is 14.6. The van der Waals surface area contributed by atoms with Crippen molar-refractivity contribution in [3.63, 3.8) is 0 Å². The summed E-state index contributed by atoms with van der Waals surface area (Å²) in [6.45, 7) is -1.34. The number of H-pyrrole nitrogens is 1. The molecular weight excluding hydrogens is 574 g/mol. The Morgan fingerprint density at radius 3 is 2.58 bits per heavy atom. The van der Waals surface area contributed by atoms with Gasteiger partial charge >= 0.3 is 6.18 Å². The smallest absolute Gasteiger partial charge is 0.424 e. The van der Waals surface area contributed by atoms with E-state index in [-0.39, 0.29) is 34.7 Å². The molecule has 0 radical (unpaired) electrons. The van der Waals surface area contributed by atoms with Gasteiger partial charge in [-0.05, 0) is 48.5 Å². The zero-order valence-corrected chi connectivity index (χ0v) is 22.3. The molecule has 1 saturated carbocycles. The van der Waals surface area contributed by atoms with E-state index in [0.717, 1.165) is 18.2 Å². The van der Waals surface area contributed by atoms with E-state index in [9.17, 15) is 32.3 Å². The summed E-state index contributed by atoms with van der Waals surface area (Å²) in [4.78, 5) is 29.4. The molecule has 2 aromatic heterocycles. The van der Waals surface area contributed by atoms with Gasteiger partial charge in [-0.2, -0.15) is 18.3 Å². The Kier molecular flexibility index (Phi) is 6.41. The minimum atomic E-state index is -5.34. The molecule has 0 bridgehead atoms. The Morgan fingerprint density at radius 1 is 1.16 bits per heavy atom. The Morgan fingerprint density at radius 2 is 1.91 bits per heavy atom. The molecule has 2 aliphatic rings. The number of halogens is 4. The number of nitrogens with zero attached hydrogens (tertiary/aromatic N) is 2. The van der Waals surface area contributed by atoms with Crippen molar-refractivity contribution >= 4 is 11.8 Å². The van der Waals surface area contributed by atoms with E-state index < -0.39 is 53.2 Å². The van der Waals surface area contributed by atoms with Crippen LogP contribution in [0.4, 0.5) is 17.6 Å². The van der Waals surface area contributed by atoms with Crippen molar-refractivity contribution in [3.05, 3.63) is 83.4 Å². The van der Waals surface area contributed by atoms with E-state index >= 15 is 0 Å². The number of fused-ring (bicyclic) bond motifs is 3. The lowest BCUT2D eigenvalue weighted by atomic mass is 9.89. The molecule has 3 atom stereocenters. The number of benzene rings is 2. The molecule has 1 aliphatic carbocycles. The van der Waals surface area contributed by atoms with Crippen LogP contribution in [0.5, 0.6) is 11.5 Å². The molecule has 1 aliphatic heterocycles. The molecular formula is C29H23F4N5O5. The Hall–Kier alpha value is -4.98. The van der Waals surface area contributed by atoms with E-state index in [4.69, 9.17) is 15.2 Å². The average Bonchev–Trinajstić information content (AvgIpc) is 3.33. The summed E-state index contributed by atoms with van der Waals surface area (Å²) in [7, 11) is 1.48. The highest BCUT2D eigenvalue weighted by atomic mass is 19.4. The van der Waals surface area contributed by atoms with Gasteiger partial charge in [0.1, 0.15) is 34.5 Å². The van der Waals surface area contributed by atoms with Gasteiger partial charge in [0, 0.05) is 23.1 Å². The zero-order valence-electron chi connectivity index (χ0n) is 22.3. The van der Waals surface area contributed by atoms with Crippen LogP contribution in [-0.2, 0) is 15.8 Å². The Bertz CT molecular complexity index is 1760. The van der Waals surface area contributed by atoms with E-state index in [0.29, 0.717) is 17.0 Å². The van der Waals surface area contributed by atoms with Gasteiger partial charge in [-0.1, -0.05) is 12.1 Å². The molecule has 6 rings (SSSR count). The van der Waals surface area contributed by atoms with Gasteiger partial charge in [0.25, 0.3) is 5.91 Å². The number of primary amides is 1. The Balaban J connectivity index is 1.35. The summed E-state index contributed by atoms with van der Waals surface area (Å²) in [6.07, 6.45) is -5.92. The highest BCUT2D eigenvalue weighted by molar-refractivity contribution is 5.95. The minimum Gasteiger partial charge on any atom is -0.497 e. The SMILES string of the molecule is COc1cccc(-c2cc(C(=O)NCC(O)(c3cc4c(c(-c5ccc(F)cc5)n3)OC3C[C@@]43C(N)=O)C(F)(F)F)[nH]n2)c1. The third-order valence-corrected chi connectivity index (χ3v) is 7.75. The molecule has 43 heavy (non-hydrogen) atoms. The van der Waals surface area contributed by atoms with Crippen LogP contribution in [0.2, 0.25) is 0 Å². The van der Waals surface area contributed by atoms with Gasteiger partial charge in [0.15, 0.2) is 5.75 Å². The maximum absolute atomic E-state index is 14.6. The molecule has 3 heterocycles. The van der Waals surface area contributed by atoms with Gasteiger partial charge in [0.2, 0.25) is 11.5 Å². The lowest BCUT2D eigenvalue weighted by Crippen LogP contribution is -2.51. The van der Waals surface area contributed by atoms with Crippen molar-refractivity contribution in [2.45, 2.75) is 29.7 Å². The fourth-order valence-corrected chi connectivity index (χ4v) is 5.20. The number of hydrogen-bond acceptors (Lipinski definition) is 7. The fourth-order valence-electron chi connectivity index (χ4n) is 5.20. The third-order valence-electron chi connectivity index (χ3n) is 7.75. The predicted octanol–water partition coefficient (Wildman–Crippen LogP) is 3.35. The largest absolute Gasteiger partial charge is 0.497 e. The van der Waals surface area contributed by atoms with Crippen molar-refractivity contribution < 1.29 is 41.7 Å². The van der Waals surface area contributed by atoms with Crippen LogP contribution in [0, 0.1) is 5.82 Å². The van der Waals surface area contributed by atoms with Crippen LogP contribution in [0.25, 0.3) is 22.5 Å². The number of aromatic amines is 1. The third kappa shape index (κ3) is 4.54. The molecule has 2 aromatic carbocycles. The number of amides is 2. The van der Waals surface area contributed by atoms with E-state index in [1.165, 1.54) is 25.3 Å². The van der Waals surface area contributed by atoms with Crippen LogP contribution >= 0.6 is 0 Å². The topological polar surface area (TPSA) is 152 Å². The lowest BCUT2D eigenvalue weighted by molar-refractivity contribution is -0.265. The quantitative estimate of drug-likeness (QED) is 0.227. The second-order valence-corrected chi connectivity index (χ2v) is 10.3. The van der Waals surface area contributed by atoms with Gasteiger partial charge in [-0.15, -0.1) is 0 Å². The van der Waals surface area contributed by atoms with E-state index in [2.05, 4.69) is 20.5 Å². The van der Waals surface area contributed by atoms with E-state index in [1.807, 2.05) is 0 Å². The summed E-state index contributed by atoms with van der Waals surface area (Å²) in [5.41, 5.74) is 0.401. The number of aromatic nitrogens is 3. The molecule has 2 unspecified atom stereocenters. The van der Waals surface area contributed by atoms with Crippen LogP contribution in [0.3, 0.4) is 0 Å². The first kappa shape index (κ1) is 28.2. The second-order valence-electron chi connectivity index (χ2n) is 10.3. The highest BCUT2D eigenvalue weighted by Crippen LogP contribution is 2.61. The number of rotatable bonds is 8. The van der Waals surface area contributed by atoms with Gasteiger partial charge in [0.05, 0.1) is 25.0 Å². The first-order chi connectivity index (χ1) is 20.4. The van der Waals surface area contributed by atoms with Gasteiger partial charge in [-0.3, -0.25) is 14.7 Å². The summed E-state index contributed by atoms with van der Waals surface area (Å²) in [6, 6.07) is 13.7. The Labute approximate surface area is 240 Å². The number of nitrogens with two attached hydrogens (primary N) is 1. The summed E-state index contributed by atoms with van der Waals surface area (Å²) >= 11 is 0. The van der Waals surface area contributed by atoms with E-state index in [1.54, 1.807) is 24.3 Å². The maximum Gasteiger partial charge on any atom is 0.424 e. The number of nitrogens with one attached hydrogen (secondary N) is 2. The lowest BCUT2D eigenvalue weighted by Gasteiger charge is -2.31. The number of carbonyl (C=O) groups excluding carboxylic acids is 2. The minimum absolute atomic E-state index is 0.0153. The molecule has 2 amide bonds. The van der Waals surface area contributed by atoms with Gasteiger partial charge < -0.3 is 25.6 Å². The molecule has 1 fully saturated rings. The van der Waals surface area contributed by atoms with Crippen molar-refractivity contribution in [1.82, 2.24) is 20.5 Å². The summed E-state index contributed by atoms with van der Waals surface area (Å²) in [5, 5.41) is 19.8. The number of pyridine rings is 1. The van der Waals surface area contributed by atoms with Crippen LogP contribution in [0.15, 0.2) is 60.7 Å². The number of aliphatic hydroxyl groups is 1. The number of hydrogen-bond donors (Lipinski definition) is 4. The number of methoxy groups -OCH3 is 1. The standard InChI is InChI=1S/C29H23F4N5O5/c1-42-17-4-2-3-15(9-17)19-11-20(38-37-19)25(39)35-13-28(41,29(31,32)33)21-10-18-24(43-22-12-27(18,22)26(34)40)23(36-21)14-5-7-16(30)8-6-14/h2-11,22,41H,12-13H2,1H3,(H2,34,40)(H,35,39)(H,37,38)/t22?,27-,28?/m1/s1. The average molecular weight is 598 g/mol. The molecule has 14 heteroatoms. The van der Waals surface area contributed by atoms with Crippen LogP contribution in [-0.4, -0.2) is 58.0 Å². The summed E-state index contributed by atoms with van der Waals surface area (Å²) in [5.74, 6) is -1.85. The monoisotopic (exact) mass is 597 g/mol. The first-order valence-corrected chi connectivity index (χ1v) is 12.9. The number of ether oxygens (including phenoxy) is 2. The second kappa shape index (κ2) is 9.80. The molecule has 10 nitrogen and oxygen atoms in total. The van der Waals surface area contributed by atoms with Gasteiger partial charge in [-0.25, -0.2) is 9.37 Å². The van der Waals surface area contributed by atoms with Crippen LogP contribution in [0.1, 0.15) is 28.2 Å². The van der Waals surface area contributed by atoms with Crippen molar-refractivity contribution in [1.29, 1.82) is 0 Å². The highest BCUT2D eigenvalue weighted by Gasteiger charge is 2.69. The number of carbonyl (C=O) groups is 2. The molecule has 4 aromatic rings. The van der Waals surface area contributed by atoms with Crippen molar-refractivity contribution in [3.8, 4) is 34.0 Å². The summed E-state index contributed by atoms with van der Waals surface area (Å²) < 4.78 is 68.4. The molecule has 222 valence electrons. The molecule has 0 saturated heterocycles. The molecule has 5 N–H and O–H groups in total. The van der Waals surface area contributed by atoms with Crippen LogP contribution < -0.4 is 20.5 Å². The first-order valence-electron chi connectivity index (χ1n) is 12.9.